The highest BCUT2D eigenvalue weighted by atomic mass is 35.5. The second kappa shape index (κ2) is 6.47. The van der Waals surface area contributed by atoms with Crippen molar-refractivity contribution < 1.29 is 9.15 Å². The molecule has 0 saturated heterocycles. The van der Waals surface area contributed by atoms with Crippen LogP contribution in [0, 0.1) is 0 Å². The topological polar surface area (TPSA) is 138 Å². The van der Waals surface area contributed by atoms with Crippen molar-refractivity contribution in [1.29, 1.82) is 0 Å². The average molecular weight is 345 g/mol. The number of hydrogen-bond acceptors (Lipinski definition) is 4. The molecule has 6 N–H and O–H groups in total. The molecule has 9 heteroatoms. The number of oxazole rings is 1. The predicted molar refractivity (Wildman–Crippen MR) is 92.6 cm³/mol. The lowest BCUT2D eigenvalue weighted by molar-refractivity contribution is 0.487. The standard InChI is InChI=1S/C15H13ClN6O2/c16-9-6-8(21-15(19)22-14(17)18)4-5-10(9)24-12-3-1-2-11-13(12)20-7-23-11/h1-7H,(H6,17,18,19,21,22). The summed E-state index contributed by atoms with van der Waals surface area (Å²) in [6, 6.07) is 10.3. The van der Waals surface area contributed by atoms with Crippen LogP contribution < -0.4 is 21.9 Å². The van der Waals surface area contributed by atoms with Gasteiger partial charge in [0.05, 0.1) is 10.7 Å². The first-order valence-electron chi connectivity index (χ1n) is 6.76. The number of nitrogens with zero attached hydrogens (tertiary/aromatic N) is 3. The number of aliphatic imine (C=N–C) groups is 2. The van der Waals surface area contributed by atoms with E-state index in [-0.39, 0.29) is 11.9 Å². The minimum atomic E-state index is -0.178. The van der Waals surface area contributed by atoms with Crippen molar-refractivity contribution in [2.24, 2.45) is 27.2 Å². The first-order valence-corrected chi connectivity index (χ1v) is 7.14. The summed E-state index contributed by atoms with van der Waals surface area (Å²) in [6.07, 6.45) is 1.35. The van der Waals surface area contributed by atoms with Crippen molar-refractivity contribution >= 4 is 40.3 Å². The molecule has 3 rings (SSSR count). The number of halogens is 1. The van der Waals surface area contributed by atoms with Crippen molar-refractivity contribution in [3.05, 3.63) is 47.8 Å². The van der Waals surface area contributed by atoms with Crippen LogP contribution >= 0.6 is 11.6 Å². The summed E-state index contributed by atoms with van der Waals surface area (Å²) >= 11 is 6.23. The van der Waals surface area contributed by atoms with Gasteiger partial charge in [0.2, 0.25) is 5.96 Å². The maximum absolute atomic E-state index is 6.23. The van der Waals surface area contributed by atoms with Crippen molar-refractivity contribution in [3.8, 4) is 11.5 Å². The molecule has 0 amide bonds. The molecule has 8 nitrogen and oxygen atoms in total. The van der Waals surface area contributed by atoms with Crippen LogP contribution in [0.5, 0.6) is 11.5 Å². The molecule has 3 aromatic rings. The van der Waals surface area contributed by atoms with Gasteiger partial charge in [0, 0.05) is 0 Å². The molecular formula is C15H13ClN6O2. The maximum atomic E-state index is 6.23. The van der Waals surface area contributed by atoms with E-state index in [1.165, 1.54) is 6.39 Å². The van der Waals surface area contributed by atoms with Crippen molar-refractivity contribution in [1.82, 2.24) is 4.98 Å². The molecule has 0 saturated carbocycles. The largest absolute Gasteiger partial charge is 0.453 e. The minimum absolute atomic E-state index is 0.0768. The fourth-order valence-electron chi connectivity index (χ4n) is 1.99. The van der Waals surface area contributed by atoms with Crippen LogP contribution in [-0.2, 0) is 0 Å². The van der Waals surface area contributed by atoms with E-state index in [2.05, 4.69) is 15.0 Å². The van der Waals surface area contributed by atoms with Crippen LogP contribution in [0.4, 0.5) is 5.69 Å². The van der Waals surface area contributed by atoms with E-state index in [9.17, 15) is 0 Å². The molecule has 1 aromatic heterocycles. The second-order valence-electron chi connectivity index (χ2n) is 4.68. The normalized spacial score (nSPS) is 11.5. The van der Waals surface area contributed by atoms with Gasteiger partial charge in [-0.05, 0) is 30.3 Å². The van der Waals surface area contributed by atoms with Gasteiger partial charge in [0.25, 0.3) is 0 Å². The number of aromatic nitrogens is 1. The lowest BCUT2D eigenvalue weighted by Crippen LogP contribution is -2.26. The number of nitrogens with two attached hydrogens (primary N) is 3. The zero-order chi connectivity index (χ0) is 17.1. The Labute approximate surface area is 141 Å². The van der Waals surface area contributed by atoms with Gasteiger partial charge in [-0.25, -0.2) is 9.98 Å². The quantitative estimate of drug-likeness (QED) is 0.493. The molecule has 0 radical (unpaired) electrons. The Kier molecular flexibility index (Phi) is 4.21. The molecule has 122 valence electrons. The van der Waals surface area contributed by atoms with Crippen molar-refractivity contribution in [3.63, 3.8) is 0 Å². The number of guanidine groups is 2. The fourth-order valence-corrected chi connectivity index (χ4v) is 2.21. The van der Waals surface area contributed by atoms with Gasteiger partial charge in [-0.3, -0.25) is 0 Å². The third-order valence-electron chi connectivity index (χ3n) is 2.95. The van der Waals surface area contributed by atoms with Gasteiger partial charge in [-0.2, -0.15) is 4.99 Å². The molecule has 1 heterocycles. The third kappa shape index (κ3) is 3.39. The Hall–Kier alpha value is -3.26. The van der Waals surface area contributed by atoms with Crippen LogP contribution in [0.25, 0.3) is 11.1 Å². The molecule has 0 spiro atoms. The second-order valence-corrected chi connectivity index (χ2v) is 5.09. The highest BCUT2D eigenvalue weighted by molar-refractivity contribution is 6.32. The van der Waals surface area contributed by atoms with Crippen LogP contribution in [0.2, 0.25) is 5.02 Å². The van der Waals surface area contributed by atoms with Gasteiger partial charge in [-0.1, -0.05) is 17.7 Å². The Morgan fingerprint density at radius 1 is 1.12 bits per heavy atom. The highest BCUT2D eigenvalue weighted by Gasteiger charge is 2.10. The molecule has 0 aliphatic carbocycles. The maximum Gasteiger partial charge on any atom is 0.223 e. The molecule has 0 aliphatic rings. The van der Waals surface area contributed by atoms with E-state index >= 15 is 0 Å². The molecule has 0 fully saturated rings. The van der Waals surface area contributed by atoms with Gasteiger partial charge in [0.1, 0.15) is 5.75 Å². The molecule has 0 aliphatic heterocycles. The monoisotopic (exact) mass is 344 g/mol. The van der Waals surface area contributed by atoms with Crippen LogP contribution in [0.3, 0.4) is 0 Å². The molecule has 24 heavy (non-hydrogen) atoms. The summed E-state index contributed by atoms with van der Waals surface area (Å²) < 4.78 is 11.0. The molecule has 2 aromatic carbocycles. The Bertz CT molecular complexity index is 946. The number of fused-ring (bicyclic) bond motifs is 1. The zero-order valence-electron chi connectivity index (χ0n) is 12.3. The van der Waals surface area contributed by atoms with Gasteiger partial charge < -0.3 is 26.4 Å². The van der Waals surface area contributed by atoms with E-state index in [1.807, 2.05) is 0 Å². The first-order chi connectivity index (χ1) is 11.5. The third-order valence-corrected chi connectivity index (χ3v) is 3.24. The van der Waals surface area contributed by atoms with E-state index in [1.54, 1.807) is 36.4 Å². The Morgan fingerprint density at radius 2 is 1.96 bits per heavy atom. The van der Waals surface area contributed by atoms with Crippen molar-refractivity contribution in [2.75, 3.05) is 0 Å². The molecule has 0 unspecified atom stereocenters. The smallest absolute Gasteiger partial charge is 0.223 e. The lowest BCUT2D eigenvalue weighted by atomic mass is 10.3. The minimum Gasteiger partial charge on any atom is -0.453 e. The van der Waals surface area contributed by atoms with Crippen LogP contribution in [-0.4, -0.2) is 16.9 Å². The Morgan fingerprint density at radius 3 is 2.71 bits per heavy atom. The van der Waals surface area contributed by atoms with E-state index in [4.69, 9.17) is 38.0 Å². The van der Waals surface area contributed by atoms with Crippen LogP contribution in [0.15, 0.2) is 57.2 Å². The predicted octanol–water partition coefficient (Wildman–Crippen LogP) is 2.49. The summed E-state index contributed by atoms with van der Waals surface area (Å²) in [6.45, 7) is 0. The number of rotatable bonds is 3. The van der Waals surface area contributed by atoms with E-state index in [0.717, 1.165) is 0 Å². The molecule has 0 bridgehead atoms. The lowest BCUT2D eigenvalue weighted by Gasteiger charge is -2.08. The Balaban J connectivity index is 1.88. The van der Waals surface area contributed by atoms with Gasteiger partial charge in [0.15, 0.2) is 29.2 Å². The summed E-state index contributed by atoms with van der Waals surface area (Å²) in [7, 11) is 0. The van der Waals surface area contributed by atoms with Crippen molar-refractivity contribution in [2.45, 2.75) is 0 Å². The highest BCUT2D eigenvalue weighted by Crippen LogP contribution is 2.35. The van der Waals surface area contributed by atoms with Crippen LogP contribution in [0.1, 0.15) is 0 Å². The molecular weight excluding hydrogens is 332 g/mol. The van der Waals surface area contributed by atoms with Gasteiger partial charge >= 0.3 is 0 Å². The first kappa shape index (κ1) is 15.6. The summed E-state index contributed by atoms with van der Waals surface area (Å²) in [5.41, 5.74) is 17.7. The number of para-hydroxylation sites is 1. The number of benzene rings is 2. The zero-order valence-corrected chi connectivity index (χ0v) is 13.1. The summed E-state index contributed by atoms with van der Waals surface area (Å²) in [5, 5.41) is 0.342. The fraction of sp³-hybridized carbons (Fsp3) is 0. The summed E-state index contributed by atoms with van der Waals surface area (Å²) in [4.78, 5) is 11.8. The number of hydrogen-bond donors (Lipinski definition) is 3. The molecule has 0 atom stereocenters. The van der Waals surface area contributed by atoms with E-state index in [0.29, 0.717) is 33.3 Å². The summed E-state index contributed by atoms with van der Waals surface area (Å²) in [5.74, 6) is 0.709. The average Bonchev–Trinajstić information content (AvgIpc) is 2.98. The SMILES string of the molecule is NC(N)=NC(N)=Nc1ccc(Oc2cccc3ocnc23)c(Cl)c1. The number of ether oxygens (including phenoxy) is 1. The van der Waals surface area contributed by atoms with E-state index < -0.39 is 0 Å². The van der Waals surface area contributed by atoms with Gasteiger partial charge in [-0.15, -0.1) is 0 Å².